The lowest BCUT2D eigenvalue weighted by atomic mass is 10.1. The van der Waals surface area contributed by atoms with Gasteiger partial charge in [-0.15, -0.1) is 0 Å². The number of primary amides is 1. The van der Waals surface area contributed by atoms with Gasteiger partial charge in [-0.3, -0.25) is 9.79 Å². The van der Waals surface area contributed by atoms with Crippen LogP contribution in [0, 0.1) is 0 Å². The van der Waals surface area contributed by atoms with Crippen LogP contribution in [0.4, 0.5) is 5.69 Å². The van der Waals surface area contributed by atoms with Crippen LogP contribution < -0.4 is 5.73 Å². The monoisotopic (exact) mass is 238 g/mol. The van der Waals surface area contributed by atoms with Crippen molar-refractivity contribution in [3.8, 4) is 5.75 Å². The van der Waals surface area contributed by atoms with Crippen molar-refractivity contribution in [1.29, 1.82) is 0 Å². The fraction of sp³-hybridized carbons (Fsp3) is 0.0909. The van der Waals surface area contributed by atoms with E-state index in [0.717, 1.165) is 0 Å². The summed E-state index contributed by atoms with van der Waals surface area (Å²) in [5.74, 6) is -0.964. The van der Waals surface area contributed by atoms with Crippen LogP contribution in [0.1, 0.15) is 22.8 Å². The summed E-state index contributed by atoms with van der Waals surface area (Å²) in [6, 6.07) is 2.69. The Morgan fingerprint density at radius 3 is 2.62 bits per heavy atom. The Labute approximate surface area is 98.1 Å². The zero-order chi connectivity index (χ0) is 12.3. The number of carbonyl (C=O) groups is 1. The van der Waals surface area contributed by atoms with Crippen LogP contribution in [0.25, 0.3) is 5.03 Å². The molecule has 0 spiro atoms. The molecule has 16 heavy (non-hydrogen) atoms. The van der Waals surface area contributed by atoms with E-state index in [9.17, 15) is 9.90 Å². The lowest BCUT2D eigenvalue weighted by Crippen LogP contribution is -2.11. The number of carbonyl (C=O) groups excluding carboxylic acids is 1. The third-order valence-corrected chi connectivity index (χ3v) is 2.48. The maximum absolute atomic E-state index is 11.0. The number of phenols is 1. The van der Waals surface area contributed by atoms with Gasteiger partial charge in [0.25, 0.3) is 5.91 Å². The summed E-state index contributed by atoms with van der Waals surface area (Å²) < 4.78 is 0. The molecule has 0 aromatic heterocycles. The van der Waals surface area contributed by atoms with E-state index in [1.165, 1.54) is 12.1 Å². The fourth-order valence-corrected chi connectivity index (χ4v) is 1.40. The second-order valence-corrected chi connectivity index (χ2v) is 3.45. The summed E-state index contributed by atoms with van der Waals surface area (Å²) in [6.07, 6.45) is 1.65. The highest BCUT2D eigenvalue weighted by Crippen LogP contribution is 2.34. The molecule has 1 aromatic rings. The average Bonchev–Trinajstić information content (AvgIpc) is 2.27. The number of aromatic hydroxyl groups is 1. The maximum Gasteiger partial charge on any atom is 0.252 e. The quantitative estimate of drug-likeness (QED) is 0.794. The molecule has 0 radical (unpaired) electrons. The third-order valence-electron chi connectivity index (χ3n) is 2.06. The predicted molar refractivity (Wildman–Crippen MR) is 65.3 cm³/mol. The van der Waals surface area contributed by atoms with E-state index in [-0.39, 0.29) is 11.3 Å². The number of rotatable bonds is 3. The van der Waals surface area contributed by atoms with Crippen molar-refractivity contribution >= 4 is 34.9 Å². The van der Waals surface area contributed by atoms with Crippen molar-refractivity contribution in [3.63, 3.8) is 0 Å². The molecule has 0 bridgehead atoms. The summed E-state index contributed by atoms with van der Waals surface area (Å²) >= 11 is 5.94. The number of benzene rings is 1. The summed E-state index contributed by atoms with van der Waals surface area (Å²) in [6.45, 7) is 5.10. The molecule has 0 aliphatic rings. The molecule has 84 valence electrons. The van der Waals surface area contributed by atoms with Gasteiger partial charge in [-0.2, -0.15) is 0 Å². The fourth-order valence-electron chi connectivity index (χ4n) is 1.25. The van der Waals surface area contributed by atoms with Crippen LogP contribution in [0.5, 0.6) is 5.75 Å². The van der Waals surface area contributed by atoms with E-state index >= 15 is 0 Å². The highest BCUT2D eigenvalue weighted by Gasteiger charge is 2.13. The molecule has 0 atom stereocenters. The van der Waals surface area contributed by atoms with Gasteiger partial charge in [0.1, 0.15) is 5.75 Å². The largest absolute Gasteiger partial charge is 0.507 e. The number of allylic oxidation sites excluding steroid dienone is 1. The SMILES string of the molecule is C=Nc1cc(O)c(C(N)=O)cc1/C(Cl)=C\C. The van der Waals surface area contributed by atoms with Gasteiger partial charge in [-0.1, -0.05) is 17.7 Å². The Balaban J connectivity index is 3.52. The molecule has 0 aliphatic carbocycles. The second kappa shape index (κ2) is 4.81. The average molecular weight is 239 g/mol. The molecular formula is C11H11ClN2O2. The standard InChI is InChI=1S/C11H11ClN2O2/c1-3-8(12)6-4-7(11(13)16)10(15)5-9(6)14-2/h3-5,15H,2H2,1H3,(H2,13,16)/b8-3+. The number of halogens is 1. The number of nitrogens with zero attached hydrogens (tertiary/aromatic N) is 1. The van der Waals surface area contributed by atoms with Crippen LogP contribution in [0.15, 0.2) is 23.2 Å². The smallest absolute Gasteiger partial charge is 0.252 e. The van der Waals surface area contributed by atoms with Crippen LogP contribution in [0.2, 0.25) is 0 Å². The number of aliphatic imine (C=N–C) groups is 1. The van der Waals surface area contributed by atoms with Crippen LogP contribution >= 0.6 is 11.6 Å². The van der Waals surface area contributed by atoms with E-state index < -0.39 is 5.91 Å². The summed E-state index contributed by atoms with van der Waals surface area (Å²) in [7, 11) is 0. The molecule has 0 heterocycles. The highest BCUT2D eigenvalue weighted by atomic mass is 35.5. The first-order valence-electron chi connectivity index (χ1n) is 4.47. The van der Waals surface area contributed by atoms with Gasteiger partial charge in [0.2, 0.25) is 0 Å². The van der Waals surface area contributed by atoms with E-state index in [0.29, 0.717) is 16.3 Å². The van der Waals surface area contributed by atoms with Gasteiger partial charge in [-0.25, -0.2) is 0 Å². The Kier molecular flexibility index (Phi) is 3.68. The molecule has 1 aromatic carbocycles. The lowest BCUT2D eigenvalue weighted by molar-refractivity contribution is 0.0998. The minimum Gasteiger partial charge on any atom is -0.507 e. The molecule has 4 nitrogen and oxygen atoms in total. The van der Waals surface area contributed by atoms with Gasteiger partial charge in [0.15, 0.2) is 0 Å². The Hall–Kier alpha value is -1.81. The van der Waals surface area contributed by atoms with Crippen molar-refractivity contribution in [2.45, 2.75) is 6.92 Å². The number of amides is 1. The molecule has 0 saturated heterocycles. The minimum atomic E-state index is -0.727. The van der Waals surface area contributed by atoms with Gasteiger partial charge in [0.05, 0.1) is 11.3 Å². The van der Waals surface area contributed by atoms with Gasteiger partial charge in [-0.05, 0) is 19.7 Å². The van der Waals surface area contributed by atoms with Crippen molar-refractivity contribution in [3.05, 3.63) is 29.3 Å². The van der Waals surface area contributed by atoms with Crippen molar-refractivity contribution in [2.24, 2.45) is 10.7 Å². The Bertz CT molecular complexity index is 481. The Morgan fingerprint density at radius 2 is 2.19 bits per heavy atom. The van der Waals surface area contributed by atoms with E-state index in [4.69, 9.17) is 17.3 Å². The molecular weight excluding hydrogens is 228 g/mol. The summed E-state index contributed by atoms with van der Waals surface area (Å²) in [4.78, 5) is 14.8. The Morgan fingerprint density at radius 1 is 1.56 bits per heavy atom. The molecule has 0 fully saturated rings. The first-order valence-corrected chi connectivity index (χ1v) is 4.84. The third kappa shape index (κ3) is 2.23. The van der Waals surface area contributed by atoms with Crippen molar-refractivity contribution < 1.29 is 9.90 Å². The lowest BCUT2D eigenvalue weighted by Gasteiger charge is -2.08. The first kappa shape index (κ1) is 12.3. The zero-order valence-electron chi connectivity index (χ0n) is 8.70. The van der Waals surface area contributed by atoms with Crippen LogP contribution in [0.3, 0.4) is 0 Å². The first-order chi connectivity index (χ1) is 7.51. The number of hydrogen-bond donors (Lipinski definition) is 2. The molecule has 0 unspecified atom stereocenters. The van der Waals surface area contributed by atoms with E-state index in [2.05, 4.69) is 11.7 Å². The molecule has 3 N–H and O–H groups in total. The number of hydrogen-bond acceptors (Lipinski definition) is 3. The van der Waals surface area contributed by atoms with E-state index in [1.807, 2.05) is 0 Å². The molecule has 1 amide bonds. The maximum atomic E-state index is 11.0. The molecule has 0 aliphatic heterocycles. The number of nitrogens with two attached hydrogens (primary N) is 1. The minimum absolute atomic E-state index is 0.00222. The van der Waals surface area contributed by atoms with Crippen molar-refractivity contribution in [2.75, 3.05) is 0 Å². The van der Waals surface area contributed by atoms with Gasteiger partial charge >= 0.3 is 0 Å². The predicted octanol–water partition coefficient (Wildman–Crippen LogP) is 2.42. The topological polar surface area (TPSA) is 75.7 Å². The van der Waals surface area contributed by atoms with Crippen molar-refractivity contribution in [1.82, 2.24) is 0 Å². The zero-order valence-corrected chi connectivity index (χ0v) is 9.45. The van der Waals surface area contributed by atoms with Crippen LogP contribution in [-0.2, 0) is 0 Å². The molecule has 5 heteroatoms. The summed E-state index contributed by atoms with van der Waals surface area (Å²) in [5.41, 5.74) is 6.01. The van der Waals surface area contributed by atoms with Gasteiger partial charge < -0.3 is 10.8 Å². The second-order valence-electron chi connectivity index (χ2n) is 3.05. The van der Waals surface area contributed by atoms with Gasteiger partial charge in [0, 0.05) is 16.7 Å². The molecule has 0 saturated carbocycles. The van der Waals surface area contributed by atoms with E-state index in [1.54, 1.807) is 13.0 Å². The summed E-state index contributed by atoms with van der Waals surface area (Å²) in [5, 5.41) is 9.93. The van der Waals surface area contributed by atoms with Crippen LogP contribution in [-0.4, -0.2) is 17.7 Å². The molecule has 1 rings (SSSR count). The normalized spacial score (nSPS) is 11.2. The highest BCUT2D eigenvalue weighted by molar-refractivity contribution is 6.49.